The van der Waals surface area contributed by atoms with Crippen molar-refractivity contribution in [3.05, 3.63) is 46.5 Å². The Kier molecular flexibility index (Phi) is 3.68. The van der Waals surface area contributed by atoms with Crippen LogP contribution >= 0.6 is 11.6 Å². The summed E-state index contributed by atoms with van der Waals surface area (Å²) < 4.78 is 5.31. The van der Waals surface area contributed by atoms with E-state index in [1.807, 2.05) is 12.1 Å². The number of esters is 1. The molecule has 126 valence electrons. The van der Waals surface area contributed by atoms with Gasteiger partial charge in [0.05, 0.1) is 22.6 Å². The van der Waals surface area contributed by atoms with Gasteiger partial charge in [0, 0.05) is 12.0 Å². The molecule has 2 unspecified atom stereocenters. The molecule has 1 aromatic carbocycles. The Hall–Kier alpha value is -1.81. The maximum Gasteiger partial charge on any atom is 0.313 e. The van der Waals surface area contributed by atoms with E-state index in [1.165, 1.54) is 0 Å². The standard InChI is InChI=1S/C19H20ClNO3/c1-11-6-13-10-24-18(23)19(13,8-11)9-12-2-5-15(16(20)7-12)17(22)21-14-3-4-14/h2,5,7,13-14H,1,3-4,6,8-10H2,(H,21,22). The molecule has 1 aliphatic heterocycles. The van der Waals surface area contributed by atoms with Gasteiger partial charge in [-0.25, -0.2) is 0 Å². The van der Waals surface area contributed by atoms with Crippen molar-refractivity contribution in [1.29, 1.82) is 0 Å². The van der Waals surface area contributed by atoms with Crippen LogP contribution in [0.25, 0.3) is 0 Å². The number of benzene rings is 1. The van der Waals surface area contributed by atoms with Crippen LogP contribution in [-0.2, 0) is 16.0 Å². The van der Waals surface area contributed by atoms with Crippen molar-refractivity contribution in [3.8, 4) is 0 Å². The number of hydrogen-bond acceptors (Lipinski definition) is 3. The third kappa shape index (κ3) is 2.63. The predicted octanol–water partition coefficient (Wildman–Crippen LogP) is 3.28. The van der Waals surface area contributed by atoms with E-state index < -0.39 is 5.41 Å². The number of amides is 1. The lowest BCUT2D eigenvalue weighted by atomic mass is 9.75. The second kappa shape index (κ2) is 5.62. The average Bonchev–Trinajstić information content (AvgIpc) is 3.21. The number of rotatable bonds is 4. The first-order chi connectivity index (χ1) is 11.5. The van der Waals surface area contributed by atoms with Crippen molar-refractivity contribution >= 4 is 23.5 Å². The minimum Gasteiger partial charge on any atom is -0.465 e. The second-order valence-corrected chi connectivity index (χ2v) is 7.73. The highest BCUT2D eigenvalue weighted by atomic mass is 35.5. The molecule has 24 heavy (non-hydrogen) atoms. The van der Waals surface area contributed by atoms with Gasteiger partial charge in [0.15, 0.2) is 0 Å². The van der Waals surface area contributed by atoms with Crippen LogP contribution < -0.4 is 5.32 Å². The lowest BCUT2D eigenvalue weighted by molar-refractivity contribution is -0.146. The average molecular weight is 346 g/mol. The summed E-state index contributed by atoms with van der Waals surface area (Å²) in [6.07, 6.45) is 4.19. The molecule has 0 spiro atoms. The van der Waals surface area contributed by atoms with E-state index in [-0.39, 0.29) is 17.8 Å². The summed E-state index contributed by atoms with van der Waals surface area (Å²) in [5.41, 5.74) is 2.06. The number of allylic oxidation sites excluding steroid dienone is 1. The van der Waals surface area contributed by atoms with Crippen molar-refractivity contribution in [1.82, 2.24) is 5.32 Å². The lowest BCUT2D eigenvalue weighted by Crippen LogP contribution is -2.31. The van der Waals surface area contributed by atoms with Gasteiger partial charge in [-0.05, 0) is 49.8 Å². The van der Waals surface area contributed by atoms with E-state index in [2.05, 4.69) is 11.9 Å². The first-order valence-electron chi connectivity index (χ1n) is 8.41. The fourth-order valence-corrected chi connectivity index (χ4v) is 4.26. The zero-order chi connectivity index (χ0) is 16.9. The van der Waals surface area contributed by atoms with E-state index in [1.54, 1.807) is 6.07 Å². The molecule has 1 N–H and O–H groups in total. The molecule has 2 atom stereocenters. The summed E-state index contributed by atoms with van der Waals surface area (Å²) in [7, 11) is 0. The Morgan fingerprint density at radius 2 is 2.21 bits per heavy atom. The first-order valence-corrected chi connectivity index (χ1v) is 8.79. The maximum absolute atomic E-state index is 12.4. The zero-order valence-corrected chi connectivity index (χ0v) is 14.2. The van der Waals surface area contributed by atoms with Crippen molar-refractivity contribution in [2.24, 2.45) is 11.3 Å². The van der Waals surface area contributed by atoms with Crippen LogP contribution in [0.5, 0.6) is 0 Å². The van der Waals surface area contributed by atoms with Gasteiger partial charge in [-0.2, -0.15) is 0 Å². The van der Waals surface area contributed by atoms with Crippen molar-refractivity contribution in [2.75, 3.05) is 6.61 Å². The van der Waals surface area contributed by atoms with Gasteiger partial charge in [0.1, 0.15) is 0 Å². The van der Waals surface area contributed by atoms with Crippen LogP contribution in [0.2, 0.25) is 5.02 Å². The predicted molar refractivity (Wildman–Crippen MR) is 90.9 cm³/mol. The van der Waals surface area contributed by atoms with Crippen molar-refractivity contribution in [2.45, 2.75) is 38.1 Å². The van der Waals surface area contributed by atoms with Crippen LogP contribution in [0.4, 0.5) is 0 Å². The Balaban J connectivity index is 1.56. The van der Waals surface area contributed by atoms with E-state index in [0.29, 0.717) is 36.1 Å². The molecular formula is C19H20ClNO3. The van der Waals surface area contributed by atoms with Crippen LogP contribution in [0.15, 0.2) is 30.4 Å². The SMILES string of the molecule is C=C1CC2COC(=O)C2(Cc2ccc(C(=O)NC3CC3)c(Cl)c2)C1. The maximum atomic E-state index is 12.4. The van der Waals surface area contributed by atoms with Crippen LogP contribution in [-0.4, -0.2) is 24.5 Å². The number of nitrogens with one attached hydrogen (secondary N) is 1. The first kappa shape index (κ1) is 15.7. The number of halogens is 1. The van der Waals surface area contributed by atoms with Crippen molar-refractivity contribution in [3.63, 3.8) is 0 Å². The van der Waals surface area contributed by atoms with E-state index >= 15 is 0 Å². The molecule has 3 aliphatic rings. The summed E-state index contributed by atoms with van der Waals surface area (Å²) in [6, 6.07) is 5.75. The van der Waals surface area contributed by atoms with Gasteiger partial charge >= 0.3 is 5.97 Å². The largest absolute Gasteiger partial charge is 0.465 e. The fraction of sp³-hybridized carbons (Fsp3) is 0.474. The molecule has 1 heterocycles. The van der Waals surface area contributed by atoms with E-state index in [0.717, 1.165) is 30.4 Å². The second-order valence-electron chi connectivity index (χ2n) is 7.32. The highest BCUT2D eigenvalue weighted by molar-refractivity contribution is 6.33. The van der Waals surface area contributed by atoms with Gasteiger partial charge in [-0.3, -0.25) is 9.59 Å². The van der Waals surface area contributed by atoms with Crippen LogP contribution in [0.1, 0.15) is 41.6 Å². The number of hydrogen-bond donors (Lipinski definition) is 1. The molecule has 0 radical (unpaired) electrons. The molecule has 4 rings (SSSR count). The van der Waals surface area contributed by atoms with Crippen molar-refractivity contribution < 1.29 is 14.3 Å². The molecule has 4 nitrogen and oxygen atoms in total. The highest BCUT2D eigenvalue weighted by Gasteiger charge is 2.55. The molecule has 1 saturated heterocycles. The zero-order valence-electron chi connectivity index (χ0n) is 13.4. The third-order valence-electron chi connectivity index (χ3n) is 5.41. The van der Waals surface area contributed by atoms with E-state index in [9.17, 15) is 9.59 Å². The third-order valence-corrected chi connectivity index (χ3v) is 5.73. The Labute approximate surface area is 146 Å². The van der Waals surface area contributed by atoms with Gasteiger partial charge in [0.2, 0.25) is 0 Å². The summed E-state index contributed by atoms with van der Waals surface area (Å²) >= 11 is 6.32. The quantitative estimate of drug-likeness (QED) is 0.673. The van der Waals surface area contributed by atoms with Gasteiger partial charge in [-0.1, -0.05) is 29.8 Å². The van der Waals surface area contributed by atoms with Crippen LogP contribution in [0, 0.1) is 11.3 Å². The number of ether oxygens (including phenoxy) is 1. The summed E-state index contributed by atoms with van der Waals surface area (Å²) in [5.74, 6) is -0.0495. The van der Waals surface area contributed by atoms with Crippen LogP contribution in [0.3, 0.4) is 0 Å². The number of carbonyl (C=O) groups is 2. The molecule has 0 aromatic heterocycles. The topological polar surface area (TPSA) is 55.4 Å². The van der Waals surface area contributed by atoms with Gasteiger partial charge in [0.25, 0.3) is 5.91 Å². The smallest absolute Gasteiger partial charge is 0.313 e. The Bertz CT molecular complexity index is 740. The number of carbonyl (C=O) groups excluding carboxylic acids is 2. The fourth-order valence-electron chi connectivity index (χ4n) is 3.97. The minimum absolute atomic E-state index is 0.125. The number of cyclic esters (lactones) is 1. The Morgan fingerprint density at radius 3 is 2.92 bits per heavy atom. The molecule has 2 aliphatic carbocycles. The number of fused-ring (bicyclic) bond motifs is 1. The molecular weight excluding hydrogens is 326 g/mol. The summed E-state index contributed by atoms with van der Waals surface area (Å²) in [6.45, 7) is 4.54. The molecule has 1 amide bonds. The minimum atomic E-state index is -0.502. The molecule has 5 heteroatoms. The monoisotopic (exact) mass is 345 g/mol. The molecule has 0 bridgehead atoms. The lowest BCUT2D eigenvalue weighted by Gasteiger charge is -2.24. The highest BCUT2D eigenvalue weighted by Crippen LogP contribution is 2.52. The molecule has 2 saturated carbocycles. The summed E-state index contributed by atoms with van der Waals surface area (Å²) in [5, 5.41) is 3.38. The normalized spacial score (nSPS) is 28.6. The van der Waals surface area contributed by atoms with Gasteiger partial charge in [-0.15, -0.1) is 0 Å². The Morgan fingerprint density at radius 1 is 1.42 bits per heavy atom. The van der Waals surface area contributed by atoms with E-state index in [4.69, 9.17) is 16.3 Å². The van der Waals surface area contributed by atoms with Gasteiger partial charge < -0.3 is 10.1 Å². The summed E-state index contributed by atoms with van der Waals surface area (Å²) in [4.78, 5) is 24.5. The molecule has 3 fully saturated rings. The molecule has 1 aromatic rings.